The summed E-state index contributed by atoms with van der Waals surface area (Å²) in [5, 5.41) is 12.5. The first-order valence-electron chi connectivity index (χ1n) is 11.4. The second-order valence-electron chi connectivity index (χ2n) is 9.04. The highest BCUT2D eigenvalue weighted by molar-refractivity contribution is 7.89. The molecule has 2 aliphatic rings. The summed E-state index contributed by atoms with van der Waals surface area (Å²) >= 11 is 0. The molecule has 0 unspecified atom stereocenters. The number of benzene rings is 1. The van der Waals surface area contributed by atoms with Crippen LogP contribution in [0.2, 0.25) is 0 Å². The molecule has 11 heteroatoms. The highest BCUT2D eigenvalue weighted by Crippen LogP contribution is 2.39. The Morgan fingerprint density at radius 2 is 1.61 bits per heavy atom. The van der Waals surface area contributed by atoms with Gasteiger partial charge in [-0.1, -0.05) is 38.5 Å². The number of hydrogen-bond donors (Lipinski definition) is 3. The molecular weight excluding hydrogens is 444 g/mol. The SMILES string of the molecule is Nc1nc(C2(C(=O)Nc3ccc(S(N)(=O)=O)cc3)CCCCC2)nn1C(=O)C1CCCCC1. The van der Waals surface area contributed by atoms with Gasteiger partial charge >= 0.3 is 0 Å². The van der Waals surface area contributed by atoms with Gasteiger partial charge < -0.3 is 11.1 Å². The highest BCUT2D eigenvalue weighted by Gasteiger charge is 2.45. The van der Waals surface area contributed by atoms with E-state index in [4.69, 9.17) is 10.9 Å². The van der Waals surface area contributed by atoms with Gasteiger partial charge in [-0.3, -0.25) is 9.59 Å². The molecule has 0 radical (unpaired) electrons. The number of carbonyl (C=O) groups is 2. The number of nitrogens with zero attached hydrogens (tertiary/aromatic N) is 3. The fourth-order valence-corrected chi connectivity index (χ4v) is 5.41. The zero-order chi connectivity index (χ0) is 23.6. The summed E-state index contributed by atoms with van der Waals surface area (Å²) in [5.41, 5.74) is 5.52. The van der Waals surface area contributed by atoms with Crippen molar-refractivity contribution in [3.63, 3.8) is 0 Å². The van der Waals surface area contributed by atoms with Crippen molar-refractivity contribution in [2.75, 3.05) is 11.1 Å². The number of nitrogen functional groups attached to an aromatic ring is 1. The van der Waals surface area contributed by atoms with Crippen molar-refractivity contribution in [2.45, 2.75) is 74.5 Å². The number of carbonyl (C=O) groups excluding carboxylic acids is 2. The van der Waals surface area contributed by atoms with Gasteiger partial charge in [0.1, 0.15) is 5.41 Å². The monoisotopic (exact) mass is 474 g/mol. The Balaban J connectivity index is 1.61. The van der Waals surface area contributed by atoms with Crippen LogP contribution in [0.25, 0.3) is 0 Å². The van der Waals surface area contributed by atoms with Gasteiger partial charge in [-0.2, -0.15) is 9.67 Å². The minimum Gasteiger partial charge on any atom is -0.368 e. The van der Waals surface area contributed by atoms with Crippen molar-refractivity contribution in [3.8, 4) is 0 Å². The molecular formula is C22H30N6O4S. The molecule has 2 saturated carbocycles. The molecule has 0 bridgehead atoms. The van der Waals surface area contributed by atoms with Gasteiger partial charge in [-0.05, 0) is 49.9 Å². The lowest BCUT2D eigenvalue weighted by molar-refractivity contribution is -0.123. The Labute approximate surface area is 193 Å². The molecule has 2 fully saturated rings. The van der Waals surface area contributed by atoms with Crippen molar-refractivity contribution in [1.82, 2.24) is 14.8 Å². The zero-order valence-electron chi connectivity index (χ0n) is 18.5. The van der Waals surface area contributed by atoms with E-state index in [0.29, 0.717) is 18.5 Å². The number of amides is 1. The van der Waals surface area contributed by atoms with Crippen molar-refractivity contribution in [2.24, 2.45) is 11.1 Å². The second-order valence-corrected chi connectivity index (χ2v) is 10.6. The van der Waals surface area contributed by atoms with Gasteiger partial charge in [-0.15, -0.1) is 5.10 Å². The Morgan fingerprint density at radius 3 is 2.21 bits per heavy atom. The summed E-state index contributed by atoms with van der Waals surface area (Å²) in [7, 11) is -3.82. The zero-order valence-corrected chi connectivity index (χ0v) is 19.3. The van der Waals surface area contributed by atoms with Crippen LogP contribution in [0.5, 0.6) is 0 Å². The molecule has 4 rings (SSSR count). The minimum atomic E-state index is -3.82. The first-order chi connectivity index (χ1) is 15.7. The van der Waals surface area contributed by atoms with E-state index < -0.39 is 15.4 Å². The number of hydrogen-bond acceptors (Lipinski definition) is 7. The number of nitrogens with one attached hydrogen (secondary N) is 1. The van der Waals surface area contributed by atoms with E-state index in [1.165, 1.54) is 28.9 Å². The topological polar surface area (TPSA) is 163 Å². The second kappa shape index (κ2) is 9.22. The molecule has 1 amide bonds. The summed E-state index contributed by atoms with van der Waals surface area (Å²) in [4.78, 5) is 30.9. The lowest BCUT2D eigenvalue weighted by Crippen LogP contribution is -2.43. The predicted molar refractivity (Wildman–Crippen MR) is 123 cm³/mol. The molecule has 0 atom stereocenters. The molecule has 1 heterocycles. The molecule has 33 heavy (non-hydrogen) atoms. The van der Waals surface area contributed by atoms with Crippen LogP contribution in [0, 0.1) is 5.92 Å². The van der Waals surface area contributed by atoms with E-state index in [2.05, 4.69) is 15.4 Å². The first-order valence-corrected chi connectivity index (χ1v) is 13.0. The van der Waals surface area contributed by atoms with E-state index in [0.717, 1.165) is 51.4 Å². The average molecular weight is 475 g/mol. The summed E-state index contributed by atoms with van der Waals surface area (Å²) in [6.45, 7) is 0. The Hall–Kier alpha value is -2.79. The van der Waals surface area contributed by atoms with Gasteiger partial charge in [-0.25, -0.2) is 13.6 Å². The third-order valence-corrected chi connectivity index (χ3v) is 7.74. The summed E-state index contributed by atoms with van der Waals surface area (Å²) in [6.07, 6.45) is 8.48. The molecule has 0 aliphatic heterocycles. The van der Waals surface area contributed by atoms with Gasteiger partial charge in [0, 0.05) is 11.6 Å². The van der Waals surface area contributed by atoms with Gasteiger partial charge in [0.2, 0.25) is 21.9 Å². The smallest absolute Gasteiger partial charge is 0.253 e. The fraction of sp³-hybridized carbons (Fsp3) is 0.545. The maximum Gasteiger partial charge on any atom is 0.253 e. The summed E-state index contributed by atoms with van der Waals surface area (Å²) in [6, 6.07) is 5.65. The van der Waals surface area contributed by atoms with Crippen molar-refractivity contribution in [3.05, 3.63) is 30.1 Å². The molecule has 178 valence electrons. The maximum absolute atomic E-state index is 13.5. The molecule has 0 spiro atoms. The van der Waals surface area contributed by atoms with Crippen LogP contribution >= 0.6 is 0 Å². The number of sulfonamides is 1. The third kappa shape index (κ3) is 4.79. The number of nitrogens with two attached hydrogens (primary N) is 2. The number of rotatable bonds is 5. The van der Waals surface area contributed by atoms with E-state index in [9.17, 15) is 18.0 Å². The van der Waals surface area contributed by atoms with Gasteiger partial charge in [0.15, 0.2) is 5.82 Å². The van der Waals surface area contributed by atoms with Gasteiger partial charge in [0.25, 0.3) is 5.91 Å². The number of aromatic nitrogens is 3. The van der Waals surface area contributed by atoms with E-state index >= 15 is 0 Å². The molecule has 1 aromatic carbocycles. The standard InChI is InChI=1S/C22H30N6O4S/c23-21-26-19(27-28(21)18(29)15-7-3-1-4-8-15)22(13-5-2-6-14-22)20(30)25-16-9-11-17(12-10-16)33(24,31)32/h9-12,15H,1-8,13-14H2,(H,25,30)(H2,23,26,27)(H2,24,31,32). The van der Waals surface area contributed by atoms with Crippen LogP contribution in [0.4, 0.5) is 11.6 Å². The Morgan fingerprint density at radius 1 is 1.00 bits per heavy atom. The largest absolute Gasteiger partial charge is 0.368 e. The van der Waals surface area contributed by atoms with Crippen LogP contribution in [0.3, 0.4) is 0 Å². The highest BCUT2D eigenvalue weighted by atomic mass is 32.2. The molecule has 5 N–H and O–H groups in total. The normalized spacial score (nSPS) is 19.2. The van der Waals surface area contributed by atoms with Crippen LogP contribution in [0.1, 0.15) is 74.8 Å². The molecule has 2 aliphatic carbocycles. The average Bonchev–Trinajstić information content (AvgIpc) is 3.21. The van der Waals surface area contributed by atoms with Crippen LogP contribution < -0.4 is 16.2 Å². The van der Waals surface area contributed by atoms with Crippen LogP contribution in [-0.4, -0.2) is 35.0 Å². The maximum atomic E-state index is 13.5. The van der Waals surface area contributed by atoms with Crippen LogP contribution in [-0.2, 0) is 20.2 Å². The number of primary sulfonamides is 1. The van der Waals surface area contributed by atoms with Crippen molar-refractivity contribution < 1.29 is 18.0 Å². The quantitative estimate of drug-likeness (QED) is 0.599. The van der Waals surface area contributed by atoms with Gasteiger partial charge in [0.05, 0.1) is 4.90 Å². The van der Waals surface area contributed by atoms with Crippen LogP contribution in [0.15, 0.2) is 29.2 Å². The first kappa shape index (κ1) is 23.4. The van der Waals surface area contributed by atoms with E-state index in [1.807, 2.05) is 0 Å². The molecule has 2 aromatic rings. The fourth-order valence-electron chi connectivity index (χ4n) is 4.90. The predicted octanol–water partition coefficient (Wildman–Crippen LogP) is 2.57. The number of anilines is 2. The lowest BCUT2D eigenvalue weighted by Gasteiger charge is -2.33. The Bertz CT molecular complexity index is 1130. The Kier molecular flexibility index (Phi) is 6.53. The lowest BCUT2D eigenvalue weighted by atomic mass is 9.72. The van der Waals surface area contributed by atoms with Crippen molar-refractivity contribution >= 4 is 33.5 Å². The summed E-state index contributed by atoms with van der Waals surface area (Å²) < 4.78 is 24.1. The van der Waals surface area contributed by atoms with Crippen molar-refractivity contribution in [1.29, 1.82) is 0 Å². The molecule has 10 nitrogen and oxygen atoms in total. The third-order valence-electron chi connectivity index (χ3n) is 6.81. The molecule has 1 aromatic heterocycles. The summed E-state index contributed by atoms with van der Waals surface area (Å²) in [5.74, 6) is -0.300. The van der Waals surface area contributed by atoms with E-state index in [1.54, 1.807) is 0 Å². The molecule has 0 saturated heterocycles. The van der Waals surface area contributed by atoms with E-state index in [-0.39, 0.29) is 34.4 Å². The minimum absolute atomic E-state index is 0.0100.